The summed E-state index contributed by atoms with van der Waals surface area (Å²) in [6.07, 6.45) is -4.39. The molecule has 0 aromatic heterocycles. The second kappa shape index (κ2) is 4.81. The maximum absolute atomic E-state index is 13.7. The zero-order chi connectivity index (χ0) is 14.4. The first-order valence-electron chi connectivity index (χ1n) is 5.65. The third-order valence-electron chi connectivity index (χ3n) is 3.52. The molecule has 0 N–H and O–H groups in total. The fourth-order valence-electron chi connectivity index (χ4n) is 2.16. The summed E-state index contributed by atoms with van der Waals surface area (Å²) < 4.78 is 63.8. The fraction of sp³-hybridized carbons (Fsp3) is 0.500. The molecular formula is C12H11ClF5N. The van der Waals surface area contributed by atoms with Crippen molar-refractivity contribution in [2.75, 3.05) is 11.9 Å². The fourth-order valence-corrected chi connectivity index (χ4v) is 2.32. The first kappa shape index (κ1) is 14.4. The number of anilines is 1. The van der Waals surface area contributed by atoms with E-state index < -0.39 is 34.8 Å². The highest BCUT2D eigenvalue weighted by Crippen LogP contribution is 2.44. The molecule has 106 valence electrons. The van der Waals surface area contributed by atoms with Gasteiger partial charge in [0, 0.05) is 13.1 Å². The van der Waals surface area contributed by atoms with E-state index in [1.165, 1.54) is 18.0 Å². The van der Waals surface area contributed by atoms with Crippen molar-refractivity contribution in [2.45, 2.75) is 25.1 Å². The van der Waals surface area contributed by atoms with Crippen LogP contribution in [0.2, 0.25) is 5.02 Å². The zero-order valence-corrected chi connectivity index (χ0v) is 10.7. The van der Waals surface area contributed by atoms with Crippen molar-refractivity contribution >= 4 is 17.3 Å². The molecule has 1 saturated carbocycles. The Hall–Kier alpha value is -1.04. The molecule has 7 heteroatoms. The Bertz CT molecular complexity index is 482. The molecule has 19 heavy (non-hydrogen) atoms. The van der Waals surface area contributed by atoms with E-state index in [2.05, 4.69) is 0 Å². The third-order valence-corrected chi connectivity index (χ3v) is 3.87. The summed E-state index contributed by atoms with van der Waals surface area (Å²) in [4.78, 5) is 1.38. The predicted molar refractivity (Wildman–Crippen MR) is 62.3 cm³/mol. The highest BCUT2D eigenvalue weighted by atomic mass is 35.5. The average molecular weight is 300 g/mol. The molecule has 1 aromatic carbocycles. The number of alkyl halides is 3. The minimum absolute atomic E-state index is 0.0111. The minimum atomic E-state index is -4.21. The van der Waals surface area contributed by atoms with Crippen LogP contribution in [0.15, 0.2) is 12.1 Å². The molecule has 1 aromatic rings. The van der Waals surface area contributed by atoms with E-state index in [-0.39, 0.29) is 18.5 Å². The lowest BCUT2D eigenvalue weighted by atomic mass is 9.79. The van der Waals surface area contributed by atoms with Gasteiger partial charge in [-0.05, 0) is 25.0 Å². The van der Waals surface area contributed by atoms with E-state index in [1.807, 2.05) is 0 Å². The van der Waals surface area contributed by atoms with Crippen molar-refractivity contribution in [1.82, 2.24) is 0 Å². The molecule has 0 spiro atoms. The Morgan fingerprint density at radius 2 is 1.79 bits per heavy atom. The Morgan fingerprint density at radius 3 is 2.32 bits per heavy atom. The average Bonchev–Trinajstić information content (AvgIpc) is 2.21. The Labute approximate surface area is 112 Å². The van der Waals surface area contributed by atoms with Crippen LogP contribution in [0.1, 0.15) is 12.8 Å². The molecule has 0 aliphatic heterocycles. The number of nitrogens with zero attached hydrogens (tertiary/aromatic N) is 1. The first-order valence-corrected chi connectivity index (χ1v) is 6.02. The topological polar surface area (TPSA) is 3.24 Å². The van der Waals surface area contributed by atoms with Crippen LogP contribution in [0.4, 0.5) is 27.6 Å². The maximum Gasteiger partial charge on any atom is 0.391 e. The van der Waals surface area contributed by atoms with Gasteiger partial charge in [-0.1, -0.05) is 11.6 Å². The van der Waals surface area contributed by atoms with Crippen LogP contribution in [0.5, 0.6) is 0 Å². The number of benzene rings is 1. The lowest BCUT2D eigenvalue weighted by Crippen LogP contribution is -2.48. The van der Waals surface area contributed by atoms with Crippen LogP contribution in [0.3, 0.4) is 0 Å². The monoisotopic (exact) mass is 299 g/mol. The second-order valence-corrected chi connectivity index (χ2v) is 5.05. The number of hydrogen-bond donors (Lipinski definition) is 0. The van der Waals surface area contributed by atoms with Crippen LogP contribution in [0, 0.1) is 17.6 Å². The number of rotatable bonds is 2. The van der Waals surface area contributed by atoms with Gasteiger partial charge in [-0.3, -0.25) is 0 Å². The van der Waals surface area contributed by atoms with Gasteiger partial charge in [-0.2, -0.15) is 13.2 Å². The molecule has 1 aliphatic rings. The van der Waals surface area contributed by atoms with Gasteiger partial charge < -0.3 is 4.90 Å². The largest absolute Gasteiger partial charge is 0.391 e. The van der Waals surface area contributed by atoms with Crippen molar-refractivity contribution in [3.8, 4) is 0 Å². The normalized spacial score (nSPS) is 23.1. The lowest BCUT2D eigenvalue weighted by Gasteiger charge is -2.43. The van der Waals surface area contributed by atoms with Crippen molar-refractivity contribution in [1.29, 1.82) is 0 Å². The molecule has 0 atom stereocenters. The highest BCUT2D eigenvalue weighted by Gasteiger charge is 2.49. The zero-order valence-electron chi connectivity index (χ0n) is 9.94. The standard InChI is InChI=1S/C12H11ClF5N/c1-19(7-4-6(5-7)12(16,17)18)9-3-2-8(14)10(13)11(9)15/h2-3,6-7H,4-5H2,1H3. The van der Waals surface area contributed by atoms with Crippen LogP contribution < -0.4 is 4.90 Å². The van der Waals surface area contributed by atoms with Crippen molar-refractivity contribution in [3.63, 3.8) is 0 Å². The predicted octanol–water partition coefficient (Wildman–Crippen LogP) is 4.40. The first-order chi connectivity index (χ1) is 8.71. The van der Waals surface area contributed by atoms with Gasteiger partial charge in [0.2, 0.25) is 0 Å². The van der Waals surface area contributed by atoms with Crippen molar-refractivity contribution in [2.24, 2.45) is 5.92 Å². The summed E-state index contributed by atoms with van der Waals surface area (Å²) in [6.45, 7) is 0. The van der Waals surface area contributed by atoms with Crippen LogP contribution >= 0.6 is 11.6 Å². The molecule has 1 nitrogen and oxygen atoms in total. The van der Waals surface area contributed by atoms with Gasteiger partial charge in [0.15, 0.2) is 5.82 Å². The summed E-state index contributed by atoms with van der Waals surface area (Å²) in [5, 5.41) is -0.643. The van der Waals surface area contributed by atoms with Gasteiger partial charge in [0.05, 0.1) is 11.6 Å². The number of halogens is 6. The van der Waals surface area contributed by atoms with Gasteiger partial charge in [-0.25, -0.2) is 8.78 Å². The van der Waals surface area contributed by atoms with E-state index in [1.54, 1.807) is 0 Å². The molecule has 2 rings (SSSR count). The van der Waals surface area contributed by atoms with Crippen LogP contribution in [-0.4, -0.2) is 19.3 Å². The highest BCUT2D eigenvalue weighted by molar-refractivity contribution is 6.31. The van der Waals surface area contributed by atoms with Crippen molar-refractivity contribution < 1.29 is 22.0 Å². The van der Waals surface area contributed by atoms with E-state index >= 15 is 0 Å². The Kier molecular flexibility index (Phi) is 3.64. The van der Waals surface area contributed by atoms with Gasteiger partial charge >= 0.3 is 6.18 Å². The summed E-state index contributed by atoms with van der Waals surface area (Å²) in [5.41, 5.74) is 0.0111. The quantitative estimate of drug-likeness (QED) is 0.578. The van der Waals surface area contributed by atoms with Gasteiger partial charge in [0.25, 0.3) is 0 Å². The van der Waals surface area contributed by atoms with E-state index in [0.717, 1.165) is 6.07 Å². The molecule has 1 aliphatic carbocycles. The summed E-state index contributed by atoms with van der Waals surface area (Å²) in [5.74, 6) is -3.18. The molecule has 0 unspecified atom stereocenters. The number of hydrogen-bond acceptors (Lipinski definition) is 1. The van der Waals surface area contributed by atoms with Gasteiger partial charge in [-0.15, -0.1) is 0 Å². The van der Waals surface area contributed by atoms with E-state index in [9.17, 15) is 22.0 Å². The second-order valence-electron chi connectivity index (χ2n) is 4.67. The molecule has 0 heterocycles. The molecule has 0 saturated heterocycles. The maximum atomic E-state index is 13.7. The summed E-state index contributed by atoms with van der Waals surface area (Å²) in [6, 6.07) is 1.76. The molecular weight excluding hydrogens is 289 g/mol. The molecule has 0 radical (unpaired) electrons. The lowest BCUT2D eigenvalue weighted by molar-refractivity contribution is -0.196. The summed E-state index contributed by atoms with van der Waals surface area (Å²) in [7, 11) is 1.48. The Balaban J connectivity index is 2.11. The van der Waals surface area contributed by atoms with E-state index in [0.29, 0.717) is 0 Å². The van der Waals surface area contributed by atoms with Crippen LogP contribution in [0.25, 0.3) is 0 Å². The minimum Gasteiger partial charge on any atom is -0.369 e. The summed E-state index contributed by atoms with van der Waals surface area (Å²) >= 11 is 5.44. The smallest absolute Gasteiger partial charge is 0.369 e. The van der Waals surface area contributed by atoms with Gasteiger partial charge in [0.1, 0.15) is 10.8 Å². The third kappa shape index (κ3) is 2.63. The molecule has 0 amide bonds. The molecule has 0 bridgehead atoms. The van der Waals surface area contributed by atoms with Crippen LogP contribution in [-0.2, 0) is 0 Å². The molecule has 1 fully saturated rings. The van der Waals surface area contributed by atoms with E-state index in [4.69, 9.17) is 11.6 Å². The SMILES string of the molecule is CN(c1ccc(F)c(Cl)c1F)C1CC(C(F)(F)F)C1. The van der Waals surface area contributed by atoms with Crippen molar-refractivity contribution in [3.05, 3.63) is 28.8 Å². The Morgan fingerprint density at radius 1 is 1.21 bits per heavy atom.